The lowest BCUT2D eigenvalue weighted by Gasteiger charge is -2.16. The number of nitrogens with zero attached hydrogens (tertiary/aromatic N) is 1. The Morgan fingerprint density at radius 3 is 2.40 bits per heavy atom. The summed E-state index contributed by atoms with van der Waals surface area (Å²) < 4.78 is 0. The first-order valence-electron chi connectivity index (χ1n) is 5.57. The van der Waals surface area contributed by atoms with Gasteiger partial charge in [0.05, 0.1) is 11.7 Å². The molecule has 1 heterocycles. The van der Waals surface area contributed by atoms with E-state index in [4.69, 9.17) is 0 Å². The summed E-state index contributed by atoms with van der Waals surface area (Å²) in [4.78, 5) is 6.06. The van der Waals surface area contributed by atoms with E-state index in [0.29, 0.717) is 6.04 Å². The molecule has 1 N–H and O–H groups in total. The van der Waals surface area contributed by atoms with Gasteiger partial charge in [0.1, 0.15) is 5.01 Å². The SMILES string of the molecule is CCNC(C)c1nc(C)c(C(C)(C)C)s1. The molecule has 0 spiro atoms. The van der Waals surface area contributed by atoms with Crippen LogP contribution in [0.5, 0.6) is 0 Å². The van der Waals surface area contributed by atoms with Gasteiger partial charge in [-0.05, 0) is 25.8 Å². The van der Waals surface area contributed by atoms with Crippen LogP contribution >= 0.6 is 11.3 Å². The van der Waals surface area contributed by atoms with E-state index in [-0.39, 0.29) is 5.41 Å². The van der Waals surface area contributed by atoms with Crippen molar-refractivity contribution in [1.82, 2.24) is 10.3 Å². The average molecular weight is 226 g/mol. The highest BCUT2D eigenvalue weighted by atomic mass is 32.1. The lowest BCUT2D eigenvalue weighted by atomic mass is 9.93. The Hall–Kier alpha value is -0.410. The van der Waals surface area contributed by atoms with Gasteiger partial charge in [0.2, 0.25) is 0 Å². The fraction of sp³-hybridized carbons (Fsp3) is 0.750. The second-order valence-electron chi connectivity index (χ2n) is 5.00. The van der Waals surface area contributed by atoms with Crippen LogP contribution in [0.3, 0.4) is 0 Å². The predicted octanol–water partition coefficient (Wildman–Crippen LogP) is 3.42. The molecule has 3 heteroatoms. The molecule has 0 aliphatic heterocycles. The molecule has 86 valence electrons. The summed E-state index contributed by atoms with van der Waals surface area (Å²) in [5, 5.41) is 4.61. The number of hydrogen-bond acceptors (Lipinski definition) is 3. The van der Waals surface area contributed by atoms with E-state index in [1.807, 2.05) is 11.3 Å². The van der Waals surface area contributed by atoms with Crippen LogP contribution in [0.1, 0.15) is 56.2 Å². The zero-order chi connectivity index (χ0) is 11.6. The summed E-state index contributed by atoms with van der Waals surface area (Å²) >= 11 is 1.84. The fourth-order valence-corrected chi connectivity index (χ4v) is 2.84. The highest BCUT2D eigenvalue weighted by Crippen LogP contribution is 2.33. The molecular weight excluding hydrogens is 204 g/mol. The topological polar surface area (TPSA) is 24.9 Å². The molecule has 0 aliphatic carbocycles. The Bertz CT molecular complexity index is 323. The van der Waals surface area contributed by atoms with Gasteiger partial charge in [-0.1, -0.05) is 27.7 Å². The van der Waals surface area contributed by atoms with Crippen LogP contribution in [0.15, 0.2) is 0 Å². The Kier molecular flexibility index (Phi) is 3.90. The molecule has 2 nitrogen and oxygen atoms in total. The Balaban J connectivity index is 2.95. The Labute approximate surface area is 97.1 Å². The molecule has 1 atom stereocenters. The number of hydrogen-bond donors (Lipinski definition) is 1. The zero-order valence-corrected chi connectivity index (χ0v) is 11.5. The molecule has 0 fully saturated rings. The molecule has 0 saturated heterocycles. The second-order valence-corrected chi connectivity index (χ2v) is 6.03. The van der Waals surface area contributed by atoms with Crippen LogP contribution in [-0.4, -0.2) is 11.5 Å². The summed E-state index contributed by atoms with van der Waals surface area (Å²) in [6.45, 7) is 14.1. The molecule has 0 saturated carbocycles. The fourth-order valence-electron chi connectivity index (χ4n) is 1.69. The van der Waals surface area contributed by atoms with E-state index >= 15 is 0 Å². The van der Waals surface area contributed by atoms with Crippen LogP contribution in [0.4, 0.5) is 0 Å². The van der Waals surface area contributed by atoms with Gasteiger partial charge in [0.25, 0.3) is 0 Å². The van der Waals surface area contributed by atoms with Crippen molar-refractivity contribution in [3.63, 3.8) is 0 Å². The van der Waals surface area contributed by atoms with Crippen molar-refractivity contribution < 1.29 is 0 Å². The van der Waals surface area contributed by atoms with Crippen molar-refractivity contribution in [2.24, 2.45) is 0 Å². The molecule has 0 bridgehead atoms. The van der Waals surface area contributed by atoms with Crippen LogP contribution < -0.4 is 5.32 Å². The number of nitrogens with one attached hydrogen (secondary N) is 1. The van der Waals surface area contributed by atoms with Crippen molar-refractivity contribution in [1.29, 1.82) is 0 Å². The summed E-state index contributed by atoms with van der Waals surface area (Å²) in [5.41, 5.74) is 1.40. The average Bonchev–Trinajstić information content (AvgIpc) is 2.47. The van der Waals surface area contributed by atoms with E-state index < -0.39 is 0 Å². The smallest absolute Gasteiger partial charge is 0.110 e. The lowest BCUT2D eigenvalue weighted by Crippen LogP contribution is -2.17. The normalized spacial score (nSPS) is 14.3. The van der Waals surface area contributed by atoms with Crippen molar-refractivity contribution in [2.75, 3.05) is 6.54 Å². The molecule has 0 aromatic carbocycles. The second kappa shape index (κ2) is 4.62. The Morgan fingerprint density at radius 2 is 2.00 bits per heavy atom. The first-order chi connectivity index (χ1) is 6.86. The first kappa shape index (κ1) is 12.7. The van der Waals surface area contributed by atoms with Crippen molar-refractivity contribution in [3.8, 4) is 0 Å². The van der Waals surface area contributed by atoms with Crippen LogP contribution in [0.25, 0.3) is 0 Å². The van der Waals surface area contributed by atoms with Gasteiger partial charge < -0.3 is 5.32 Å². The van der Waals surface area contributed by atoms with Crippen LogP contribution in [-0.2, 0) is 5.41 Å². The maximum absolute atomic E-state index is 4.65. The van der Waals surface area contributed by atoms with E-state index in [9.17, 15) is 0 Å². The number of rotatable bonds is 3. The summed E-state index contributed by atoms with van der Waals surface area (Å²) in [7, 11) is 0. The quantitative estimate of drug-likeness (QED) is 0.854. The van der Waals surface area contributed by atoms with E-state index in [2.05, 4.69) is 51.8 Å². The minimum Gasteiger partial charge on any atom is -0.308 e. The molecule has 15 heavy (non-hydrogen) atoms. The molecular formula is C12H22N2S. The maximum Gasteiger partial charge on any atom is 0.110 e. The number of aryl methyl sites for hydroxylation is 1. The largest absolute Gasteiger partial charge is 0.308 e. The van der Waals surface area contributed by atoms with Crippen LogP contribution in [0, 0.1) is 6.92 Å². The molecule has 0 aliphatic rings. The Morgan fingerprint density at radius 1 is 1.40 bits per heavy atom. The highest BCUT2D eigenvalue weighted by molar-refractivity contribution is 7.12. The maximum atomic E-state index is 4.65. The summed E-state index contributed by atoms with van der Waals surface area (Å²) in [6, 6.07) is 0.370. The number of aromatic nitrogens is 1. The third-order valence-corrected chi connectivity index (χ3v) is 4.14. The molecule has 0 amide bonds. The van der Waals surface area contributed by atoms with Crippen molar-refractivity contribution >= 4 is 11.3 Å². The van der Waals surface area contributed by atoms with Crippen molar-refractivity contribution in [3.05, 3.63) is 15.6 Å². The number of thiazole rings is 1. The summed E-state index contributed by atoms with van der Waals surface area (Å²) in [5.74, 6) is 0. The van der Waals surface area contributed by atoms with Crippen molar-refractivity contribution in [2.45, 2.75) is 53.0 Å². The summed E-state index contributed by atoms with van der Waals surface area (Å²) in [6.07, 6.45) is 0. The third kappa shape index (κ3) is 3.02. The third-order valence-electron chi connectivity index (χ3n) is 2.38. The zero-order valence-electron chi connectivity index (χ0n) is 10.6. The predicted molar refractivity (Wildman–Crippen MR) is 67.6 cm³/mol. The first-order valence-corrected chi connectivity index (χ1v) is 6.39. The van der Waals surface area contributed by atoms with Gasteiger partial charge in [0, 0.05) is 4.88 Å². The van der Waals surface area contributed by atoms with Gasteiger partial charge in [-0.3, -0.25) is 0 Å². The van der Waals surface area contributed by atoms with Gasteiger partial charge in [-0.2, -0.15) is 0 Å². The van der Waals surface area contributed by atoms with Gasteiger partial charge in [-0.15, -0.1) is 11.3 Å². The standard InChI is InChI=1S/C12H22N2S/c1-7-13-9(3)11-14-8(2)10(15-11)12(4,5)6/h9,13H,7H2,1-6H3. The van der Waals surface area contributed by atoms with Gasteiger partial charge >= 0.3 is 0 Å². The molecule has 1 rings (SSSR count). The van der Waals surface area contributed by atoms with E-state index in [0.717, 1.165) is 6.54 Å². The lowest BCUT2D eigenvalue weighted by molar-refractivity contribution is 0.591. The molecule has 1 unspecified atom stereocenters. The molecule has 0 radical (unpaired) electrons. The minimum absolute atomic E-state index is 0.214. The van der Waals surface area contributed by atoms with Crippen LogP contribution in [0.2, 0.25) is 0 Å². The molecule has 1 aromatic rings. The highest BCUT2D eigenvalue weighted by Gasteiger charge is 2.22. The van der Waals surface area contributed by atoms with E-state index in [1.165, 1.54) is 15.6 Å². The molecule has 1 aromatic heterocycles. The van der Waals surface area contributed by atoms with Gasteiger partial charge in [-0.25, -0.2) is 4.98 Å². The van der Waals surface area contributed by atoms with Gasteiger partial charge in [0.15, 0.2) is 0 Å². The monoisotopic (exact) mass is 226 g/mol. The minimum atomic E-state index is 0.214. The van der Waals surface area contributed by atoms with E-state index in [1.54, 1.807) is 0 Å².